The Morgan fingerprint density at radius 1 is 1.30 bits per heavy atom. The second-order valence-corrected chi connectivity index (χ2v) is 6.32. The molecule has 0 amide bonds. The Kier molecular flexibility index (Phi) is 4.73. The quantitative estimate of drug-likeness (QED) is 0.399. The van der Waals surface area contributed by atoms with Crippen molar-refractivity contribution in [2.45, 2.75) is 58.9 Å². The van der Waals surface area contributed by atoms with Gasteiger partial charge in [-0.1, -0.05) is 25.7 Å². The number of thiol groups is 1. The molecule has 6 heteroatoms. The van der Waals surface area contributed by atoms with Gasteiger partial charge in [-0.25, -0.2) is 0 Å². The third-order valence-corrected chi connectivity index (χ3v) is 5.18. The summed E-state index contributed by atoms with van der Waals surface area (Å²) in [7, 11) is 0. The van der Waals surface area contributed by atoms with Crippen molar-refractivity contribution in [1.82, 2.24) is 9.78 Å². The molecule has 1 fully saturated rings. The first-order valence-electron chi connectivity index (χ1n) is 7.28. The summed E-state index contributed by atoms with van der Waals surface area (Å²) in [6.45, 7) is 4.25. The van der Waals surface area contributed by atoms with Crippen LogP contribution in [0.25, 0.3) is 0 Å². The lowest BCUT2D eigenvalue weighted by Gasteiger charge is -2.31. The molecule has 0 radical (unpaired) electrons. The zero-order valence-corrected chi connectivity index (χ0v) is 13.2. The van der Waals surface area contributed by atoms with Crippen molar-refractivity contribution in [3.8, 4) is 0 Å². The molecule has 1 aromatic heterocycles. The van der Waals surface area contributed by atoms with Crippen molar-refractivity contribution in [2.24, 2.45) is 5.41 Å². The lowest BCUT2D eigenvalue weighted by atomic mass is 9.82. The minimum absolute atomic E-state index is 0.136. The number of hydrogen-bond donors (Lipinski definition) is 1. The van der Waals surface area contributed by atoms with E-state index >= 15 is 0 Å². The number of hydrogen-bond acceptors (Lipinski definition) is 4. The first-order chi connectivity index (χ1) is 9.49. The molecule has 5 nitrogen and oxygen atoms in total. The van der Waals surface area contributed by atoms with Gasteiger partial charge in [0.25, 0.3) is 0 Å². The SMILES string of the molecule is Cc1nn(CC2(CS)CCCCCC2)c(C)c1[N+](=O)[O-]. The maximum Gasteiger partial charge on any atom is 0.312 e. The maximum atomic E-state index is 11.1. The van der Waals surface area contributed by atoms with Gasteiger partial charge in [0.2, 0.25) is 0 Å². The average Bonchev–Trinajstić information content (AvgIpc) is 2.57. The summed E-state index contributed by atoms with van der Waals surface area (Å²) in [5.41, 5.74) is 1.47. The molecule has 0 bridgehead atoms. The Morgan fingerprint density at radius 3 is 2.35 bits per heavy atom. The molecular formula is C14H23N3O2S. The standard InChI is InChI=1S/C14H23N3O2S/c1-11-13(17(18)19)12(2)16(15-11)9-14(10-20)7-5-3-4-6-8-14/h20H,3-10H2,1-2H3. The van der Waals surface area contributed by atoms with Gasteiger partial charge in [0.15, 0.2) is 0 Å². The van der Waals surface area contributed by atoms with E-state index in [0.29, 0.717) is 11.4 Å². The van der Waals surface area contributed by atoms with Crippen molar-refractivity contribution in [3.63, 3.8) is 0 Å². The van der Waals surface area contributed by atoms with E-state index in [9.17, 15) is 10.1 Å². The van der Waals surface area contributed by atoms with Crippen LogP contribution in [0.4, 0.5) is 5.69 Å². The van der Waals surface area contributed by atoms with Crippen LogP contribution < -0.4 is 0 Å². The lowest BCUT2D eigenvalue weighted by molar-refractivity contribution is -0.386. The van der Waals surface area contributed by atoms with Crippen molar-refractivity contribution in [1.29, 1.82) is 0 Å². The maximum absolute atomic E-state index is 11.1. The number of aromatic nitrogens is 2. The molecule has 0 atom stereocenters. The van der Waals surface area contributed by atoms with Gasteiger partial charge in [-0.15, -0.1) is 0 Å². The van der Waals surface area contributed by atoms with E-state index in [4.69, 9.17) is 0 Å². The van der Waals surface area contributed by atoms with E-state index in [1.54, 1.807) is 13.8 Å². The highest BCUT2D eigenvalue weighted by atomic mass is 32.1. The van der Waals surface area contributed by atoms with Crippen LogP contribution in [0.5, 0.6) is 0 Å². The summed E-state index contributed by atoms with van der Waals surface area (Å²) in [6.07, 6.45) is 7.30. The number of rotatable bonds is 4. The summed E-state index contributed by atoms with van der Waals surface area (Å²) in [5, 5.41) is 15.5. The van der Waals surface area contributed by atoms with Crippen molar-refractivity contribution in [2.75, 3.05) is 5.75 Å². The summed E-state index contributed by atoms with van der Waals surface area (Å²) < 4.78 is 1.83. The zero-order valence-electron chi connectivity index (χ0n) is 12.3. The van der Waals surface area contributed by atoms with Gasteiger partial charge >= 0.3 is 5.69 Å². The molecule has 0 spiro atoms. The highest BCUT2D eigenvalue weighted by Crippen LogP contribution is 2.38. The van der Waals surface area contributed by atoms with Crippen LogP contribution in [0.1, 0.15) is 49.9 Å². The van der Waals surface area contributed by atoms with Gasteiger partial charge in [-0.3, -0.25) is 14.8 Å². The summed E-state index contributed by atoms with van der Waals surface area (Å²) >= 11 is 4.56. The zero-order chi connectivity index (χ0) is 14.8. The normalized spacial score (nSPS) is 18.8. The van der Waals surface area contributed by atoms with E-state index < -0.39 is 0 Å². The molecule has 1 aliphatic rings. The van der Waals surface area contributed by atoms with E-state index in [0.717, 1.165) is 25.1 Å². The summed E-state index contributed by atoms with van der Waals surface area (Å²) in [6, 6.07) is 0. The van der Waals surface area contributed by atoms with Gasteiger partial charge in [0, 0.05) is 6.54 Å². The van der Waals surface area contributed by atoms with Crippen LogP contribution >= 0.6 is 12.6 Å². The second kappa shape index (κ2) is 6.16. The third kappa shape index (κ3) is 3.00. The van der Waals surface area contributed by atoms with Crippen molar-refractivity contribution in [3.05, 3.63) is 21.5 Å². The Labute approximate surface area is 125 Å². The highest BCUT2D eigenvalue weighted by Gasteiger charge is 2.32. The van der Waals surface area contributed by atoms with Crippen LogP contribution in [-0.4, -0.2) is 20.5 Å². The van der Waals surface area contributed by atoms with Crippen LogP contribution in [0.15, 0.2) is 0 Å². The molecule has 1 saturated carbocycles. The molecular weight excluding hydrogens is 274 g/mol. The fourth-order valence-electron chi connectivity index (χ4n) is 3.27. The minimum atomic E-state index is -0.325. The van der Waals surface area contributed by atoms with Crippen LogP contribution in [0.3, 0.4) is 0 Å². The monoisotopic (exact) mass is 297 g/mol. The molecule has 1 aromatic rings. The summed E-state index contributed by atoms with van der Waals surface area (Å²) in [5.74, 6) is 0.819. The Balaban J connectivity index is 2.27. The van der Waals surface area contributed by atoms with E-state index in [1.165, 1.54) is 25.7 Å². The molecule has 0 unspecified atom stereocenters. The first-order valence-corrected chi connectivity index (χ1v) is 7.92. The molecule has 0 saturated heterocycles. The molecule has 0 aliphatic heterocycles. The molecule has 0 N–H and O–H groups in total. The molecule has 2 rings (SSSR count). The topological polar surface area (TPSA) is 61.0 Å². The number of aryl methyl sites for hydroxylation is 1. The van der Waals surface area contributed by atoms with Gasteiger partial charge in [0.05, 0.1) is 4.92 Å². The van der Waals surface area contributed by atoms with E-state index in [1.807, 2.05) is 4.68 Å². The Morgan fingerprint density at radius 2 is 1.90 bits per heavy atom. The van der Waals surface area contributed by atoms with E-state index in [2.05, 4.69) is 17.7 Å². The Bertz CT molecular complexity index is 491. The van der Waals surface area contributed by atoms with Gasteiger partial charge in [-0.05, 0) is 37.9 Å². The van der Waals surface area contributed by atoms with Crippen LogP contribution in [0.2, 0.25) is 0 Å². The fourth-order valence-corrected chi connectivity index (χ4v) is 3.68. The average molecular weight is 297 g/mol. The number of nitrogens with zero attached hydrogens (tertiary/aromatic N) is 3. The van der Waals surface area contributed by atoms with E-state index in [-0.39, 0.29) is 16.0 Å². The molecule has 1 aliphatic carbocycles. The Hall–Kier alpha value is -1.04. The second-order valence-electron chi connectivity index (χ2n) is 6.01. The fraction of sp³-hybridized carbons (Fsp3) is 0.786. The van der Waals surface area contributed by atoms with Crippen molar-refractivity contribution < 1.29 is 4.92 Å². The highest BCUT2D eigenvalue weighted by molar-refractivity contribution is 7.80. The first kappa shape index (κ1) is 15.4. The lowest BCUT2D eigenvalue weighted by Crippen LogP contribution is -2.29. The molecule has 20 heavy (non-hydrogen) atoms. The van der Waals surface area contributed by atoms with Crippen LogP contribution in [0, 0.1) is 29.4 Å². The molecule has 112 valence electrons. The van der Waals surface area contributed by atoms with Gasteiger partial charge in [-0.2, -0.15) is 17.7 Å². The molecule has 1 heterocycles. The predicted octanol–water partition coefficient (Wildman–Crippen LogP) is 3.68. The van der Waals surface area contributed by atoms with Crippen molar-refractivity contribution >= 4 is 18.3 Å². The van der Waals surface area contributed by atoms with Gasteiger partial charge < -0.3 is 0 Å². The smallest absolute Gasteiger partial charge is 0.262 e. The third-order valence-electron chi connectivity index (χ3n) is 4.51. The van der Waals surface area contributed by atoms with Gasteiger partial charge in [0.1, 0.15) is 11.4 Å². The largest absolute Gasteiger partial charge is 0.312 e. The minimum Gasteiger partial charge on any atom is -0.262 e. The predicted molar refractivity (Wildman–Crippen MR) is 82.3 cm³/mol. The molecule has 0 aromatic carbocycles. The summed E-state index contributed by atoms with van der Waals surface area (Å²) in [4.78, 5) is 10.8. The van der Waals surface area contributed by atoms with Crippen LogP contribution in [-0.2, 0) is 6.54 Å². The number of nitro groups is 1.